The van der Waals surface area contributed by atoms with Gasteiger partial charge in [0.05, 0.1) is 22.3 Å². The van der Waals surface area contributed by atoms with E-state index in [-0.39, 0.29) is 5.25 Å². The smallest absolute Gasteiger partial charge is 0.120 e. The summed E-state index contributed by atoms with van der Waals surface area (Å²) >= 11 is 0. The minimum atomic E-state index is -1.01. The van der Waals surface area contributed by atoms with Crippen LogP contribution in [0.25, 0.3) is 0 Å². The number of nitrogen functional groups attached to an aromatic ring is 1. The summed E-state index contributed by atoms with van der Waals surface area (Å²) in [5, 5.41) is 0.252. The molecule has 0 radical (unpaired) electrons. The lowest BCUT2D eigenvalue weighted by atomic mass is 10.2. The van der Waals surface area contributed by atoms with E-state index in [1.165, 1.54) is 25.7 Å². The number of rotatable bonds is 4. The van der Waals surface area contributed by atoms with E-state index < -0.39 is 10.8 Å². The van der Waals surface area contributed by atoms with Crippen molar-refractivity contribution in [2.24, 2.45) is 0 Å². The highest BCUT2D eigenvalue weighted by molar-refractivity contribution is 7.85. The van der Waals surface area contributed by atoms with Gasteiger partial charge in [-0.2, -0.15) is 0 Å². The van der Waals surface area contributed by atoms with Crippen molar-refractivity contribution >= 4 is 16.5 Å². The third-order valence-corrected chi connectivity index (χ3v) is 5.48. The quantitative estimate of drug-likeness (QED) is 0.679. The molecular formula is C15H23NO2S. The Kier molecular flexibility index (Phi) is 5.25. The molecule has 1 aliphatic carbocycles. The maximum absolute atomic E-state index is 12.7. The first-order valence-electron chi connectivity index (χ1n) is 7.15. The van der Waals surface area contributed by atoms with Gasteiger partial charge in [0.1, 0.15) is 5.75 Å². The number of ether oxygens (including phenoxy) is 1. The van der Waals surface area contributed by atoms with Gasteiger partial charge in [-0.1, -0.05) is 25.7 Å². The van der Waals surface area contributed by atoms with Crippen LogP contribution in [-0.2, 0) is 10.8 Å². The molecule has 1 aromatic carbocycles. The van der Waals surface area contributed by atoms with Gasteiger partial charge in [-0.05, 0) is 38.0 Å². The van der Waals surface area contributed by atoms with E-state index >= 15 is 0 Å². The van der Waals surface area contributed by atoms with Crippen molar-refractivity contribution in [2.45, 2.75) is 55.6 Å². The molecule has 4 heteroatoms. The Morgan fingerprint density at radius 2 is 1.95 bits per heavy atom. The van der Waals surface area contributed by atoms with Crippen LogP contribution >= 0.6 is 0 Å². The van der Waals surface area contributed by atoms with Crippen molar-refractivity contribution in [3.05, 3.63) is 18.2 Å². The summed E-state index contributed by atoms with van der Waals surface area (Å²) < 4.78 is 18.2. The highest BCUT2D eigenvalue weighted by Crippen LogP contribution is 2.30. The molecule has 1 atom stereocenters. The first kappa shape index (κ1) is 14.4. The second-order valence-electron chi connectivity index (χ2n) is 5.04. The van der Waals surface area contributed by atoms with Gasteiger partial charge < -0.3 is 10.5 Å². The maximum Gasteiger partial charge on any atom is 0.120 e. The second-order valence-corrected chi connectivity index (χ2v) is 6.74. The third-order valence-electron chi connectivity index (χ3n) is 3.62. The molecule has 0 amide bonds. The minimum Gasteiger partial charge on any atom is -0.494 e. The van der Waals surface area contributed by atoms with Crippen LogP contribution in [0.4, 0.5) is 5.69 Å². The lowest BCUT2D eigenvalue weighted by Crippen LogP contribution is -2.15. The maximum atomic E-state index is 12.7. The Bertz CT molecular complexity index is 440. The van der Waals surface area contributed by atoms with Crippen LogP contribution in [0.1, 0.15) is 45.4 Å². The molecule has 1 fully saturated rings. The number of hydrogen-bond acceptors (Lipinski definition) is 3. The zero-order valence-corrected chi connectivity index (χ0v) is 12.4. The molecule has 106 valence electrons. The number of hydrogen-bond donors (Lipinski definition) is 1. The SMILES string of the molecule is CCOc1ccc(N)c(S(=O)C2CCCCCC2)c1. The zero-order valence-electron chi connectivity index (χ0n) is 11.6. The fraction of sp³-hybridized carbons (Fsp3) is 0.600. The van der Waals surface area contributed by atoms with Gasteiger partial charge in [0.25, 0.3) is 0 Å². The predicted molar refractivity (Wildman–Crippen MR) is 79.9 cm³/mol. The molecule has 19 heavy (non-hydrogen) atoms. The van der Waals surface area contributed by atoms with Gasteiger partial charge in [0, 0.05) is 10.9 Å². The van der Waals surface area contributed by atoms with Crippen LogP contribution in [0.5, 0.6) is 5.75 Å². The van der Waals surface area contributed by atoms with E-state index in [4.69, 9.17) is 10.5 Å². The van der Waals surface area contributed by atoms with Crippen LogP contribution in [0, 0.1) is 0 Å². The van der Waals surface area contributed by atoms with Crippen molar-refractivity contribution in [3.63, 3.8) is 0 Å². The first-order chi connectivity index (χ1) is 9.22. The van der Waals surface area contributed by atoms with E-state index in [1.807, 2.05) is 19.1 Å². The van der Waals surface area contributed by atoms with E-state index in [2.05, 4.69) is 0 Å². The molecule has 2 N–H and O–H groups in total. The average molecular weight is 281 g/mol. The lowest BCUT2D eigenvalue weighted by molar-refractivity contribution is 0.339. The van der Waals surface area contributed by atoms with Crippen LogP contribution in [0.15, 0.2) is 23.1 Å². The normalized spacial score (nSPS) is 18.8. The van der Waals surface area contributed by atoms with Gasteiger partial charge in [0.15, 0.2) is 0 Å². The Morgan fingerprint density at radius 3 is 2.58 bits per heavy atom. The van der Waals surface area contributed by atoms with Crippen molar-refractivity contribution in [1.82, 2.24) is 0 Å². The molecule has 1 unspecified atom stereocenters. The van der Waals surface area contributed by atoms with Crippen molar-refractivity contribution < 1.29 is 8.95 Å². The molecule has 1 aliphatic rings. The Labute approximate surface area is 118 Å². The highest BCUT2D eigenvalue weighted by atomic mass is 32.2. The summed E-state index contributed by atoms with van der Waals surface area (Å²) in [5.41, 5.74) is 6.60. The zero-order chi connectivity index (χ0) is 13.7. The Morgan fingerprint density at radius 1 is 1.26 bits per heavy atom. The van der Waals surface area contributed by atoms with Gasteiger partial charge in [-0.25, -0.2) is 0 Å². The standard InChI is InChI=1S/C15H23NO2S/c1-2-18-12-9-10-14(16)15(11-12)19(17)13-7-5-3-4-6-8-13/h9-11,13H,2-8,16H2,1H3. The number of benzene rings is 1. The van der Waals surface area contributed by atoms with Crippen molar-refractivity contribution in [3.8, 4) is 5.75 Å². The molecule has 0 saturated heterocycles. The van der Waals surface area contributed by atoms with Crippen LogP contribution in [0.2, 0.25) is 0 Å². The molecule has 0 aliphatic heterocycles. The highest BCUT2D eigenvalue weighted by Gasteiger charge is 2.22. The molecule has 1 saturated carbocycles. The van der Waals surface area contributed by atoms with E-state index in [0.717, 1.165) is 23.5 Å². The number of nitrogens with two attached hydrogens (primary N) is 1. The lowest BCUT2D eigenvalue weighted by Gasteiger charge is -2.16. The summed E-state index contributed by atoms with van der Waals surface area (Å²) in [4.78, 5) is 0.748. The molecule has 3 nitrogen and oxygen atoms in total. The summed E-state index contributed by atoms with van der Waals surface area (Å²) in [6.45, 7) is 2.55. The van der Waals surface area contributed by atoms with E-state index in [1.54, 1.807) is 6.07 Å². The summed E-state index contributed by atoms with van der Waals surface area (Å²) in [6, 6.07) is 5.49. The molecule has 0 aromatic heterocycles. The topological polar surface area (TPSA) is 52.3 Å². The summed E-state index contributed by atoms with van der Waals surface area (Å²) in [5.74, 6) is 0.758. The molecule has 0 bridgehead atoms. The van der Waals surface area contributed by atoms with Gasteiger partial charge >= 0.3 is 0 Å². The van der Waals surface area contributed by atoms with E-state index in [9.17, 15) is 4.21 Å². The minimum absolute atomic E-state index is 0.252. The number of anilines is 1. The summed E-state index contributed by atoms with van der Waals surface area (Å²) in [6.07, 6.45) is 6.99. The molecular weight excluding hydrogens is 258 g/mol. The third kappa shape index (κ3) is 3.72. The second kappa shape index (κ2) is 6.94. The van der Waals surface area contributed by atoms with Gasteiger partial charge in [-0.3, -0.25) is 4.21 Å². The summed E-state index contributed by atoms with van der Waals surface area (Å²) in [7, 11) is -1.01. The van der Waals surface area contributed by atoms with Crippen molar-refractivity contribution in [1.29, 1.82) is 0 Å². The molecule has 0 spiro atoms. The first-order valence-corrected chi connectivity index (χ1v) is 8.36. The fourth-order valence-corrected chi connectivity index (χ4v) is 4.23. The van der Waals surface area contributed by atoms with Gasteiger partial charge in [-0.15, -0.1) is 0 Å². The van der Waals surface area contributed by atoms with Crippen molar-refractivity contribution in [2.75, 3.05) is 12.3 Å². The fourth-order valence-electron chi connectivity index (χ4n) is 2.58. The van der Waals surface area contributed by atoms with Crippen LogP contribution < -0.4 is 10.5 Å². The Hall–Kier alpha value is -1.03. The van der Waals surface area contributed by atoms with E-state index in [0.29, 0.717) is 12.3 Å². The van der Waals surface area contributed by atoms with Crippen LogP contribution in [0.3, 0.4) is 0 Å². The molecule has 0 heterocycles. The largest absolute Gasteiger partial charge is 0.494 e. The predicted octanol–water partition coefficient (Wildman–Crippen LogP) is 3.50. The Balaban J connectivity index is 2.18. The molecule has 2 rings (SSSR count). The molecule has 1 aromatic rings. The van der Waals surface area contributed by atoms with Gasteiger partial charge in [0.2, 0.25) is 0 Å². The van der Waals surface area contributed by atoms with Crippen LogP contribution in [-0.4, -0.2) is 16.1 Å². The average Bonchev–Trinajstić information content (AvgIpc) is 2.69. The monoisotopic (exact) mass is 281 g/mol.